The number of hydrogen-bond acceptors (Lipinski definition) is 7. The van der Waals surface area contributed by atoms with Crippen molar-refractivity contribution in [2.75, 3.05) is 40.8 Å². The predicted octanol–water partition coefficient (Wildman–Crippen LogP) is 4.80. The SMILES string of the molecule is COCCOCOc1ccc(C=CC(=O)C(N)CCOC(c2ccccc2)c2ccccc2)cc1OC. The highest BCUT2D eigenvalue weighted by atomic mass is 16.7. The Bertz CT molecular complexity index is 1060. The molecule has 7 heteroatoms. The highest BCUT2D eigenvalue weighted by molar-refractivity contribution is 5.97. The maximum absolute atomic E-state index is 12.6. The summed E-state index contributed by atoms with van der Waals surface area (Å²) in [6.07, 6.45) is 3.37. The molecule has 1 unspecified atom stereocenters. The lowest BCUT2D eigenvalue weighted by Crippen LogP contribution is -2.30. The van der Waals surface area contributed by atoms with Gasteiger partial charge in [0.05, 0.1) is 26.4 Å². The Hall–Kier alpha value is -3.49. The smallest absolute Gasteiger partial charge is 0.189 e. The van der Waals surface area contributed by atoms with Crippen molar-refractivity contribution < 1.29 is 28.5 Å². The summed E-state index contributed by atoms with van der Waals surface area (Å²) in [7, 11) is 3.17. The van der Waals surface area contributed by atoms with Crippen molar-refractivity contribution in [2.24, 2.45) is 5.73 Å². The molecule has 37 heavy (non-hydrogen) atoms. The number of methoxy groups -OCH3 is 2. The van der Waals surface area contributed by atoms with E-state index in [1.165, 1.54) is 6.08 Å². The molecule has 0 spiro atoms. The van der Waals surface area contributed by atoms with Gasteiger partial charge in [-0.15, -0.1) is 0 Å². The lowest BCUT2D eigenvalue weighted by molar-refractivity contribution is -0.116. The van der Waals surface area contributed by atoms with Crippen molar-refractivity contribution in [1.82, 2.24) is 0 Å². The molecule has 0 bridgehead atoms. The Morgan fingerprint density at radius 1 is 0.865 bits per heavy atom. The Kier molecular flexibility index (Phi) is 11.8. The fourth-order valence-electron chi connectivity index (χ4n) is 3.61. The van der Waals surface area contributed by atoms with Crippen molar-refractivity contribution in [2.45, 2.75) is 18.6 Å². The fraction of sp³-hybridized carbons (Fsp3) is 0.300. The molecule has 0 aliphatic heterocycles. The zero-order valence-electron chi connectivity index (χ0n) is 21.4. The largest absolute Gasteiger partial charge is 0.493 e. The van der Waals surface area contributed by atoms with E-state index < -0.39 is 6.04 Å². The summed E-state index contributed by atoms with van der Waals surface area (Å²) < 4.78 is 27.4. The Morgan fingerprint density at radius 2 is 1.54 bits per heavy atom. The van der Waals surface area contributed by atoms with Gasteiger partial charge in [-0.25, -0.2) is 0 Å². The highest BCUT2D eigenvalue weighted by Crippen LogP contribution is 2.29. The van der Waals surface area contributed by atoms with Gasteiger partial charge in [-0.2, -0.15) is 0 Å². The average molecular weight is 506 g/mol. The quantitative estimate of drug-likeness (QED) is 0.170. The maximum atomic E-state index is 12.6. The van der Waals surface area contributed by atoms with Crippen LogP contribution in [0.3, 0.4) is 0 Å². The van der Waals surface area contributed by atoms with Crippen LogP contribution in [-0.4, -0.2) is 52.7 Å². The van der Waals surface area contributed by atoms with Gasteiger partial charge >= 0.3 is 0 Å². The lowest BCUT2D eigenvalue weighted by Gasteiger charge is -2.20. The van der Waals surface area contributed by atoms with E-state index in [-0.39, 0.29) is 18.7 Å². The maximum Gasteiger partial charge on any atom is 0.189 e. The van der Waals surface area contributed by atoms with Crippen molar-refractivity contribution in [1.29, 1.82) is 0 Å². The van der Waals surface area contributed by atoms with Crippen LogP contribution in [0, 0.1) is 0 Å². The molecule has 0 fully saturated rings. The van der Waals surface area contributed by atoms with Gasteiger partial charge in [0.25, 0.3) is 0 Å². The lowest BCUT2D eigenvalue weighted by atomic mass is 10.0. The van der Waals surface area contributed by atoms with Crippen LogP contribution in [-0.2, 0) is 19.0 Å². The molecule has 3 aromatic carbocycles. The average Bonchev–Trinajstić information content (AvgIpc) is 2.95. The van der Waals surface area contributed by atoms with Crippen molar-refractivity contribution in [3.63, 3.8) is 0 Å². The molecule has 3 aromatic rings. The molecule has 1 atom stereocenters. The van der Waals surface area contributed by atoms with Crippen LogP contribution in [0.2, 0.25) is 0 Å². The second-order valence-electron chi connectivity index (χ2n) is 8.28. The van der Waals surface area contributed by atoms with E-state index in [1.54, 1.807) is 32.4 Å². The fourth-order valence-corrected chi connectivity index (χ4v) is 3.61. The summed E-state index contributed by atoms with van der Waals surface area (Å²) >= 11 is 0. The van der Waals surface area contributed by atoms with E-state index in [4.69, 9.17) is 29.4 Å². The molecule has 2 N–H and O–H groups in total. The second kappa shape index (κ2) is 15.6. The number of ether oxygens (including phenoxy) is 5. The monoisotopic (exact) mass is 505 g/mol. The summed E-state index contributed by atoms with van der Waals surface area (Å²) in [6.45, 7) is 1.36. The minimum absolute atomic E-state index is 0.0831. The number of carbonyl (C=O) groups is 1. The molecule has 0 aromatic heterocycles. The number of rotatable bonds is 16. The Balaban J connectivity index is 1.52. The molecular formula is C30H35NO6. The van der Waals surface area contributed by atoms with E-state index in [1.807, 2.05) is 66.7 Å². The minimum Gasteiger partial charge on any atom is -0.493 e. The van der Waals surface area contributed by atoms with E-state index in [9.17, 15) is 4.79 Å². The first-order valence-corrected chi connectivity index (χ1v) is 12.2. The summed E-state index contributed by atoms with van der Waals surface area (Å²) in [5.74, 6) is 0.907. The molecule has 0 saturated carbocycles. The van der Waals surface area contributed by atoms with Gasteiger partial charge in [0, 0.05) is 13.7 Å². The molecule has 0 aliphatic carbocycles. The van der Waals surface area contributed by atoms with Crippen molar-refractivity contribution in [3.05, 3.63) is 102 Å². The molecule has 0 heterocycles. The van der Waals surface area contributed by atoms with Crippen molar-refractivity contribution >= 4 is 11.9 Å². The zero-order valence-corrected chi connectivity index (χ0v) is 21.4. The van der Waals surface area contributed by atoms with Crippen molar-refractivity contribution in [3.8, 4) is 11.5 Å². The summed E-state index contributed by atoms with van der Waals surface area (Å²) in [4.78, 5) is 12.6. The molecule has 3 rings (SSSR count). The minimum atomic E-state index is -0.669. The van der Waals surface area contributed by atoms with Gasteiger partial charge in [-0.3, -0.25) is 4.79 Å². The van der Waals surface area contributed by atoms with E-state index >= 15 is 0 Å². The molecule has 196 valence electrons. The van der Waals surface area contributed by atoms with Crippen LogP contribution < -0.4 is 15.2 Å². The van der Waals surface area contributed by atoms with Gasteiger partial charge in [0.2, 0.25) is 0 Å². The molecular weight excluding hydrogens is 470 g/mol. The van der Waals surface area contributed by atoms with Gasteiger partial charge in [-0.1, -0.05) is 72.8 Å². The third kappa shape index (κ3) is 9.15. The molecule has 0 saturated heterocycles. The second-order valence-corrected chi connectivity index (χ2v) is 8.28. The van der Waals surface area contributed by atoms with Gasteiger partial charge in [0.15, 0.2) is 24.1 Å². The van der Waals surface area contributed by atoms with Crippen LogP contribution in [0.15, 0.2) is 84.9 Å². The third-order valence-electron chi connectivity index (χ3n) is 5.64. The first-order valence-electron chi connectivity index (χ1n) is 12.2. The Labute approximate surface area is 218 Å². The number of hydrogen-bond donors (Lipinski definition) is 1. The number of nitrogens with two attached hydrogens (primary N) is 1. The summed E-state index contributed by atoms with van der Waals surface area (Å²) in [6, 6.07) is 24.7. The van der Waals surface area contributed by atoms with Gasteiger partial charge in [0.1, 0.15) is 6.10 Å². The predicted molar refractivity (Wildman–Crippen MR) is 144 cm³/mol. The van der Waals surface area contributed by atoms with Crippen LogP contribution in [0.1, 0.15) is 29.2 Å². The number of carbonyl (C=O) groups excluding carboxylic acids is 1. The normalized spacial score (nSPS) is 12.1. The Morgan fingerprint density at radius 3 is 2.16 bits per heavy atom. The standard InChI is InChI=1S/C30H35NO6/c1-33-19-20-35-22-37-28-16-14-23(21-29(28)34-2)13-15-27(32)26(31)17-18-36-30(24-9-5-3-6-10-24)25-11-7-4-8-12-25/h3-16,21,26,30H,17-20,22,31H2,1-2H3. The molecule has 0 radical (unpaired) electrons. The summed E-state index contributed by atoms with van der Waals surface area (Å²) in [5, 5.41) is 0. The molecule has 0 aliphatic rings. The van der Waals surface area contributed by atoms with Crippen LogP contribution >= 0.6 is 0 Å². The molecule has 7 nitrogen and oxygen atoms in total. The number of benzene rings is 3. The first-order chi connectivity index (χ1) is 18.1. The van der Waals surface area contributed by atoms with E-state index in [2.05, 4.69) is 0 Å². The van der Waals surface area contributed by atoms with Gasteiger partial charge in [-0.05, 0) is 41.3 Å². The molecule has 0 amide bonds. The van der Waals surface area contributed by atoms with Crippen LogP contribution in [0.4, 0.5) is 0 Å². The topological polar surface area (TPSA) is 89.2 Å². The van der Waals surface area contributed by atoms with Gasteiger partial charge < -0.3 is 29.4 Å². The third-order valence-corrected chi connectivity index (χ3v) is 5.64. The van der Waals surface area contributed by atoms with Crippen LogP contribution in [0.25, 0.3) is 6.08 Å². The van der Waals surface area contributed by atoms with E-state index in [0.717, 1.165) is 16.7 Å². The summed E-state index contributed by atoms with van der Waals surface area (Å²) in [5.41, 5.74) is 9.06. The van der Waals surface area contributed by atoms with E-state index in [0.29, 0.717) is 37.7 Å². The van der Waals surface area contributed by atoms with Crippen LogP contribution in [0.5, 0.6) is 11.5 Å². The first kappa shape index (κ1) is 28.1. The zero-order chi connectivity index (χ0) is 26.3. The highest BCUT2D eigenvalue weighted by Gasteiger charge is 2.16. The number of ketones is 1.